The number of ketones is 2. The van der Waals surface area contributed by atoms with E-state index >= 15 is 0 Å². The number of nitriles is 1. The third-order valence-corrected chi connectivity index (χ3v) is 7.60. The molecule has 1 aliphatic carbocycles. The average molecular weight is 419 g/mol. The predicted octanol–water partition coefficient (Wildman–Crippen LogP) is 4.74. The third-order valence-electron chi connectivity index (χ3n) is 5.79. The van der Waals surface area contributed by atoms with Crippen LogP contribution in [0, 0.1) is 23.2 Å². The molecule has 0 bridgehead atoms. The number of carbonyl (C=O) groups excluding carboxylic acids is 2. The van der Waals surface area contributed by atoms with Crippen LogP contribution >= 0.6 is 7.60 Å². The van der Waals surface area contributed by atoms with Gasteiger partial charge in [-0.05, 0) is 31.2 Å². The fourth-order valence-corrected chi connectivity index (χ4v) is 5.30. The maximum absolute atomic E-state index is 13.2. The highest BCUT2D eigenvalue weighted by Crippen LogP contribution is 2.63. The van der Waals surface area contributed by atoms with Gasteiger partial charge in [0.05, 0.1) is 11.2 Å². The summed E-state index contributed by atoms with van der Waals surface area (Å²) in [4.78, 5) is 46.5. The SMILES string of the molecule is CCCCC(CCCC)(c1ccccc1C(=O)C(C#N)C(=O)C1CC1)P(=O)(O)O. The van der Waals surface area contributed by atoms with Crippen molar-refractivity contribution >= 4 is 19.2 Å². The Labute approximate surface area is 172 Å². The molecular formula is C22H30NO5P. The first-order valence-corrected chi connectivity index (χ1v) is 12.0. The fraction of sp³-hybridized carbons (Fsp3) is 0.591. The summed E-state index contributed by atoms with van der Waals surface area (Å²) in [6.07, 6.45) is 4.56. The Kier molecular flexibility index (Phi) is 7.94. The molecule has 0 spiro atoms. The lowest BCUT2D eigenvalue weighted by atomic mass is 9.81. The maximum Gasteiger partial charge on any atom is 0.336 e. The minimum Gasteiger partial charge on any atom is -0.324 e. The molecular weight excluding hydrogens is 389 g/mol. The van der Waals surface area contributed by atoms with Crippen LogP contribution in [0.1, 0.15) is 81.1 Å². The van der Waals surface area contributed by atoms with Crippen molar-refractivity contribution in [2.75, 3.05) is 0 Å². The van der Waals surface area contributed by atoms with E-state index in [1.54, 1.807) is 18.2 Å². The molecule has 29 heavy (non-hydrogen) atoms. The molecule has 0 radical (unpaired) electrons. The van der Waals surface area contributed by atoms with Gasteiger partial charge in [-0.1, -0.05) is 63.8 Å². The third kappa shape index (κ3) is 5.04. The monoisotopic (exact) mass is 419 g/mol. The van der Waals surface area contributed by atoms with Gasteiger partial charge in [0.1, 0.15) is 0 Å². The predicted molar refractivity (Wildman–Crippen MR) is 110 cm³/mol. The molecule has 1 unspecified atom stereocenters. The second-order valence-corrected chi connectivity index (χ2v) is 9.88. The number of rotatable bonds is 12. The molecule has 0 aromatic heterocycles. The van der Waals surface area contributed by atoms with Gasteiger partial charge in [-0.15, -0.1) is 0 Å². The van der Waals surface area contributed by atoms with Crippen LogP contribution in [-0.4, -0.2) is 21.4 Å². The van der Waals surface area contributed by atoms with Crippen molar-refractivity contribution in [1.82, 2.24) is 0 Å². The van der Waals surface area contributed by atoms with Gasteiger partial charge in [0.15, 0.2) is 17.5 Å². The van der Waals surface area contributed by atoms with E-state index in [2.05, 4.69) is 0 Å². The summed E-state index contributed by atoms with van der Waals surface area (Å²) >= 11 is 0. The van der Waals surface area contributed by atoms with Crippen molar-refractivity contribution in [3.05, 3.63) is 35.4 Å². The Balaban J connectivity index is 2.60. The van der Waals surface area contributed by atoms with Gasteiger partial charge in [0, 0.05) is 11.5 Å². The Morgan fingerprint density at radius 1 is 1.17 bits per heavy atom. The van der Waals surface area contributed by atoms with Gasteiger partial charge >= 0.3 is 7.60 Å². The molecule has 1 fully saturated rings. The lowest BCUT2D eigenvalue weighted by molar-refractivity contribution is -0.121. The van der Waals surface area contributed by atoms with Crippen molar-refractivity contribution in [3.63, 3.8) is 0 Å². The molecule has 2 rings (SSSR count). The van der Waals surface area contributed by atoms with Crippen LogP contribution in [0.4, 0.5) is 0 Å². The smallest absolute Gasteiger partial charge is 0.324 e. The van der Waals surface area contributed by atoms with Gasteiger partial charge < -0.3 is 9.79 Å². The number of Topliss-reactive ketones (excluding diaryl/α,β-unsaturated/α-hetero) is 2. The van der Waals surface area contributed by atoms with Gasteiger partial charge in [-0.25, -0.2) is 0 Å². The minimum atomic E-state index is -4.64. The fourth-order valence-electron chi connectivity index (χ4n) is 3.90. The van der Waals surface area contributed by atoms with Crippen LogP contribution in [0.5, 0.6) is 0 Å². The molecule has 1 atom stereocenters. The molecule has 1 aliphatic rings. The van der Waals surface area contributed by atoms with Crippen molar-refractivity contribution in [1.29, 1.82) is 5.26 Å². The molecule has 6 nitrogen and oxygen atoms in total. The molecule has 1 aromatic carbocycles. The summed E-state index contributed by atoms with van der Waals surface area (Å²) < 4.78 is 12.8. The van der Waals surface area contributed by atoms with E-state index < -0.39 is 24.5 Å². The number of nitrogens with zero attached hydrogens (tertiary/aromatic N) is 1. The number of hydrogen-bond donors (Lipinski definition) is 2. The van der Waals surface area contributed by atoms with E-state index in [0.717, 1.165) is 12.8 Å². The Hall–Kier alpha value is -1.80. The maximum atomic E-state index is 13.2. The standard InChI is InChI=1S/C22H30NO5P/c1-3-5-13-22(14-6-4-2,29(26,27)28)19-10-8-7-9-17(19)21(25)18(15-23)20(24)16-11-12-16/h7-10,16,18H,3-6,11-14H2,1-2H3,(H2,26,27,28). The van der Waals surface area contributed by atoms with Crippen LogP contribution in [0.25, 0.3) is 0 Å². The van der Waals surface area contributed by atoms with Gasteiger partial charge in [0.25, 0.3) is 0 Å². The lowest BCUT2D eigenvalue weighted by Crippen LogP contribution is -2.31. The molecule has 0 amide bonds. The highest BCUT2D eigenvalue weighted by Gasteiger charge is 2.49. The summed E-state index contributed by atoms with van der Waals surface area (Å²) in [6.45, 7) is 3.89. The van der Waals surface area contributed by atoms with E-state index in [-0.39, 0.29) is 35.7 Å². The lowest BCUT2D eigenvalue weighted by Gasteiger charge is -2.36. The van der Waals surface area contributed by atoms with Crippen molar-refractivity contribution in [3.8, 4) is 6.07 Å². The van der Waals surface area contributed by atoms with Crippen LogP contribution in [0.15, 0.2) is 24.3 Å². The number of unbranched alkanes of at least 4 members (excludes halogenated alkanes) is 2. The summed E-state index contributed by atoms with van der Waals surface area (Å²) in [7, 11) is -4.64. The second-order valence-electron chi connectivity index (χ2n) is 7.93. The van der Waals surface area contributed by atoms with Crippen molar-refractivity contribution in [2.24, 2.45) is 11.8 Å². The highest BCUT2D eigenvalue weighted by molar-refractivity contribution is 7.53. The number of hydrogen-bond acceptors (Lipinski definition) is 4. The molecule has 0 saturated heterocycles. The Bertz CT molecular complexity index is 826. The second kappa shape index (κ2) is 9.80. The largest absolute Gasteiger partial charge is 0.336 e. The summed E-state index contributed by atoms with van der Waals surface area (Å²) in [5.41, 5.74) is 0.354. The van der Waals surface area contributed by atoms with Crippen molar-refractivity contribution in [2.45, 2.75) is 70.4 Å². The molecule has 7 heteroatoms. The van der Waals surface area contributed by atoms with Gasteiger partial charge in [-0.2, -0.15) is 5.26 Å². The van der Waals surface area contributed by atoms with E-state index in [4.69, 9.17) is 0 Å². The van der Waals surface area contributed by atoms with Crippen LogP contribution < -0.4 is 0 Å². The van der Waals surface area contributed by atoms with E-state index in [0.29, 0.717) is 25.7 Å². The van der Waals surface area contributed by atoms with Gasteiger partial charge in [0.2, 0.25) is 0 Å². The normalized spacial score (nSPS) is 15.6. The first kappa shape index (κ1) is 23.5. The zero-order chi connectivity index (χ0) is 21.7. The molecule has 0 heterocycles. The van der Waals surface area contributed by atoms with E-state index in [9.17, 15) is 29.2 Å². The summed E-state index contributed by atoms with van der Waals surface area (Å²) in [6, 6.07) is 8.16. The average Bonchev–Trinajstić information content (AvgIpc) is 3.53. The van der Waals surface area contributed by atoms with E-state index in [1.165, 1.54) is 6.07 Å². The van der Waals surface area contributed by atoms with Crippen LogP contribution in [0.2, 0.25) is 0 Å². The number of benzene rings is 1. The summed E-state index contributed by atoms with van der Waals surface area (Å²) in [5.74, 6) is -2.69. The minimum absolute atomic E-state index is 0.0866. The quantitative estimate of drug-likeness (QED) is 0.287. The molecule has 158 valence electrons. The summed E-state index contributed by atoms with van der Waals surface area (Å²) in [5, 5.41) is 8.00. The highest BCUT2D eigenvalue weighted by atomic mass is 31.2. The Morgan fingerprint density at radius 2 is 1.72 bits per heavy atom. The van der Waals surface area contributed by atoms with E-state index in [1.807, 2.05) is 19.9 Å². The molecule has 1 saturated carbocycles. The van der Waals surface area contributed by atoms with Crippen molar-refractivity contribution < 1.29 is 23.9 Å². The molecule has 0 aliphatic heterocycles. The Morgan fingerprint density at radius 3 is 2.17 bits per heavy atom. The van der Waals surface area contributed by atoms with Crippen LogP contribution in [0.3, 0.4) is 0 Å². The zero-order valence-corrected chi connectivity index (χ0v) is 18.0. The molecule has 2 N–H and O–H groups in total. The molecule has 1 aromatic rings. The zero-order valence-electron chi connectivity index (χ0n) is 17.1. The first-order valence-electron chi connectivity index (χ1n) is 10.4. The number of carbonyl (C=O) groups is 2. The van der Waals surface area contributed by atoms with Gasteiger partial charge in [-0.3, -0.25) is 14.2 Å². The first-order chi connectivity index (χ1) is 13.7. The van der Waals surface area contributed by atoms with Crippen LogP contribution in [-0.2, 0) is 14.5 Å². The topological polar surface area (TPSA) is 115 Å².